The van der Waals surface area contributed by atoms with Crippen LogP contribution in [0.15, 0.2) is 0 Å². The molecule has 0 bridgehead atoms. The van der Waals surface area contributed by atoms with E-state index in [9.17, 15) is 0 Å². The van der Waals surface area contributed by atoms with Gasteiger partial charge in [-0.2, -0.15) is 0 Å². The van der Waals surface area contributed by atoms with Crippen molar-refractivity contribution in [3.8, 4) is 0 Å². The summed E-state index contributed by atoms with van der Waals surface area (Å²) < 4.78 is 0. The molecule has 0 aromatic carbocycles. The third kappa shape index (κ3) is 3.72. The Morgan fingerprint density at radius 2 is 1.84 bits per heavy atom. The average Bonchev–Trinajstić information content (AvgIpc) is 2.76. The Bertz CT molecular complexity index is 274. The molecule has 2 nitrogen and oxygen atoms in total. The van der Waals surface area contributed by atoms with E-state index >= 15 is 0 Å². The summed E-state index contributed by atoms with van der Waals surface area (Å²) >= 11 is 0. The van der Waals surface area contributed by atoms with Crippen LogP contribution in [0.1, 0.15) is 72.1 Å². The van der Waals surface area contributed by atoms with Gasteiger partial charge in [-0.25, -0.2) is 0 Å². The lowest BCUT2D eigenvalue weighted by molar-refractivity contribution is 0.101. The molecule has 19 heavy (non-hydrogen) atoms. The fraction of sp³-hybridized carbons (Fsp3) is 1.00. The van der Waals surface area contributed by atoms with Crippen LogP contribution in [0.4, 0.5) is 0 Å². The van der Waals surface area contributed by atoms with Crippen LogP contribution < -0.4 is 5.73 Å². The number of rotatable bonds is 4. The van der Waals surface area contributed by atoms with Crippen LogP contribution in [-0.2, 0) is 0 Å². The summed E-state index contributed by atoms with van der Waals surface area (Å²) in [7, 11) is 0. The van der Waals surface area contributed by atoms with Gasteiger partial charge in [0.25, 0.3) is 0 Å². The average molecular weight is 266 g/mol. The summed E-state index contributed by atoms with van der Waals surface area (Å²) in [5.41, 5.74) is 6.56. The fourth-order valence-electron chi connectivity index (χ4n) is 4.47. The first kappa shape index (κ1) is 15.3. The summed E-state index contributed by atoms with van der Waals surface area (Å²) in [6, 6.07) is 1.60. The first-order valence-corrected chi connectivity index (χ1v) is 8.53. The summed E-state index contributed by atoms with van der Waals surface area (Å²) in [4.78, 5) is 2.83. The smallest absolute Gasteiger partial charge is 0.0138 e. The molecule has 3 atom stereocenters. The maximum Gasteiger partial charge on any atom is 0.0138 e. The molecule has 0 radical (unpaired) electrons. The Morgan fingerprint density at radius 3 is 2.53 bits per heavy atom. The van der Waals surface area contributed by atoms with E-state index in [1.807, 2.05) is 0 Å². The van der Waals surface area contributed by atoms with Crippen molar-refractivity contribution >= 4 is 0 Å². The molecule has 0 aliphatic heterocycles. The van der Waals surface area contributed by atoms with E-state index in [4.69, 9.17) is 5.73 Å². The van der Waals surface area contributed by atoms with E-state index in [0.717, 1.165) is 24.5 Å². The molecule has 0 saturated heterocycles. The van der Waals surface area contributed by atoms with Crippen molar-refractivity contribution in [3.05, 3.63) is 0 Å². The molecule has 2 N–H and O–H groups in total. The van der Waals surface area contributed by atoms with E-state index in [0.29, 0.717) is 5.41 Å². The van der Waals surface area contributed by atoms with Gasteiger partial charge in [-0.3, -0.25) is 4.90 Å². The van der Waals surface area contributed by atoms with E-state index in [2.05, 4.69) is 25.7 Å². The van der Waals surface area contributed by atoms with Crippen LogP contribution in [0.3, 0.4) is 0 Å². The lowest BCUT2D eigenvalue weighted by Gasteiger charge is -2.38. The second-order valence-corrected chi connectivity index (χ2v) is 7.57. The quantitative estimate of drug-likeness (QED) is 0.784. The molecule has 2 aliphatic carbocycles. The van der Waals surface area contributed by atoms with Crippen molar-refractivity contribution < 1.29 is 0 Å². The molecule has 2 rings (SSSR count). The Balaban J connectivity index is 2.00. The van der Waals surface area contributed by atoms with Crippen molar-refractivity contribution in [2.24, 2.45) is 17.1 Å². The maximum atomic E-state index is 5.99. The van der Waals surface area contributed by atoms with E-state index in [1.54, 1.807) is 0 Å². The highest BCUT2D eigenvalue weighted by atomic mass is 15.2. The number of nitrogens with zero attached hydrogens (tertiary/aromatic N) is 1. The van der Waals surface area contributed by atoms with Crippen molar-refractivity contribution in [1.82, 2.24) is 4.90 Å². The number of nitrogens with two attached hydrogens (primary N) is 1. The number of hydrogen-bond acceptors (Lipinski definition) is 2. The Morgan fingerprint density at radius 1 is 1.05 bits per heavy atom. The number of hydrogen-bond donors (Lipinski definition) is 1. The Kier molecular flexibility index (Phi) is 5.30. The van der Waals surface area contributed by atoms with Crippen molar-refractivity contribution in [2.45, 2.75) is 84.2 Å². The Hall–Kier alpha value is -0.0800. The molecule has 0 aromatic rings. The molecule has 2 aliphatic rings. The van der Waals surface area contributed by atoms with Gasteiger partial charge in [-0.05, 0) is 62.9 Å². The van der Waals surface area contributed by atoms with Gasteiger partial charge < -0.3 is 5.73 Å². The van der Waals surface area contributed by atoms with Crippen LogP contribution in [-0.4, -0.2) is 30.1 Å². The molecule has 0 heterocycles. The van der Waals surface area contributed by atoms with Crippen molar-refractivity contribution in [2.75, 3.05) is 13.1 Å². The van der Waals surface area contributed by atoms with Gasteiger partial charge in [0, 0.05) is 12.1 Å². The molecule has 0 aromatic heterocycles. The lowest BCUT2D eigenvalue weighted by Crippen LogP contribution is -2.46. The third-order valence-electron chi connectivity index (χ3n) is 5.73. The van der Waals surface area contributed by atoms with Gasteiger partial charge >= 0.3 is 0 Å². The normalized spacial score (nSPS) is 35.5. The lowest BCUT2D eigenvalue weighted by atomic mass is 9.85. The highest BCUT2D eigenvalue weighted by Crippen LogP contribution is 2.38. The van der Waals surface area contributed by atoms with Crippen LogP contribution in [0, 0.1) is 11.3 Å². The monoisotopic (exact) mass is 266 g/mol. The van der Waals surface area contributed by atoms with Gasteiger partial charge in [0.15, 0.2) is 0 Å². The molecule has 2 heteroatoms. The van der Waals surface area contributed by atoms with Crippen LogP contribution in [0.2, 0.25) is 0 Å². The minimum atomic E-state index is 0.567. The standard InChI is InChI=1S/C17H34N2/c1-4-19(16-9-5-7-14(16)13-18)15-8-6-11-17(2,3)12-10-15/h14-16H,4-13,18H2,1-3H3. The molecule has 3 unspecified atom stereocenters. The predicted octanol–water partition coefficient (Wildman–Crippen LogP) is 3.79. The molecule has 2 saturated carbocycles. The summed E-state index contributed by atoms with van der Waals surface area (Å²) in [6.07, 6.45) is 11.2. The van der Waals surface area contributed by atoms with Gasteiger partial charge in [0.2, 0.25) is 0 Å². The molecule has 0 spiro atoms. The zero-order valence-electron chi connectivity index (χ0n) is 13.3. The van der Waals surface area contributed by atoms with Crippen molar-refractivity contribution in [1.29, 1.82) is 0 Å². The SMILES string of the molecule is CCN(C1CCCC(C)(C)CC1)C1CCCC1CN. The summed E-state index contributed by atoms with van der Waals surface area (Å²) in [5, 5.41) is 0. The molecule has 2 fully saturated rings. The van der Waals surface area contributed by atoms with Crippen LogP contribution in [0.25, 0.3) is 0 Å². The van der Waals surface area contributed by atoms with Gasteiger partial charge in [0.05, 0.1) is 0 Å². The first-order valence-electron chi connectivity index (χ1n) is 8.53. The van der Waals surface area contributed by atoms with E-state index in [-0.39, 0.29) is 0 Å². The zero-order chi connectivity index (χ0) is 13.9. The fourth-order valence-corrected chi connectivity index (χ4v) is 4.47. The van der Waals surface area contributed by atoms with Crippen molar-refractivity contribution in [3.63, 3.8) is 0 Å². The molecular formula is C17H34N2. The second-order valence-electron chi connectivity index (χ2n) is 7.57. The topological polar surface area (TPSA) is 29.3 Å². The highest BCUT2D eigenvalue weighted by Gasteiger charge is 2.35. The van der Waals surface area contributed by atoms with E-state index < -0.39 is 0 Å². The second kappa shape index (κ2) is 6.58. The molecule has 112 valence electrons. The van der Waals surface area contributed by atoms with Gasteiger partial charge in [-0.1, -0.05) is 33.6 Å². The molecular weight excluding hydrogens is 232 g/mol. The van der Waals surface area contributed by atoms with Crippen LogP contribution >= 0.6 is 0 Å². The van der Waals surface area contributed by atoms with Crippen LogP contribution in [0.5, 0.6) is 0 Å². The maximum absolute atomic E-state index is 5.99. The summed E-state index contributed by atoms with van der Waals surface area (Å²) in [5.74, 6) is 0.760. The minimum absolute atomic E-state index is 0.567. The minimum Gasteiger partial charge on any atom is -0.330 e. The largest absolute Gasteiger partial charge is 0.330 e. The first-order chi connectivity index (χ1) is 9.07. The molecule has 0 amide bonds. The third-order valence-corrected chi connectivity index (χ3v) is 5.73. The van der Waals surface area contributed by atoms with E-state index in [1.165, 1.54) is 57.9 Å². The Labute approximate surface area is 120 Å². The van der Waals surface area contributed by atoms with Gasteiger partial charge in [-0.15, -0.1) is 0 Å². The highest BCUT2D eigenvalue weighted by molar-refractivity contribution is 4.90. The summed E-state index contributed by atoms with van der Waals surface area (Å²) in [6.45, 7) is 9.35. The predicted molar refractivity (Wildman–Crippen MR) is 83.2 cm³/mol. The van der Waals surface area contributed by atoms with Gasteiger partial charge in [0.1, 0.15) is 0 Å². The zero-order valence-corrected chi connectivity index (χ0v) is 13.3.